The van der Waals surface area contributed by atoms with Crippen molar-refractivity contribution in [2.45, 2.75) is 24.8 Å². The quantitative estimate of drug-likeness (QED) is 0.566. The van der Waals surface area contributed by atoms with E-state index >= 15 is 0 Å². The first-order valence-electron chi connectivity index (χ1n) is 9.43. The first-order chi connectivity index (χ1) is 13.2. The van der Waals surface area contributed by atoms with E-state index < -0.39 is 0 Å². The summed E-state index contributed by atoms with van der Waals surface area (Å²) in [5.74, 6) is 0. The molecule has 5 heteroatoms. The Morgan fingerprint density at radius 3 is 2.74 bits per heavy atom. The van der Waals surface area contributed by atoms with Gasteiger partial charge < -0.3 is 11.1 Å². The molecule has 0 unspecified atom stereocenters. The molecular formula is C22H22N4S. The van der Waals surface area contributed by atoms with Crippen molar-refractivity contribution in [1.82, 2.24) is 15.3 Å². The van der Waals surface area contributed by atoms with E-state index in [4.69, 9.17) is 10.7 Å². The van der Waals surface area contributed by atoms with Gasteiger partial charge in [-0.3, -0.25) is 4.98 Å². The predicted molar refractivity (Wildman–Crippen MR) is 113 cm³/mol. The van der Waals surface area contributed by atoms with Crippen molar-refractivity contribution in [2.24, 2.45) is 5.73 Å². The molecule has 0 atom stereocenters. The third kappa shape index (κ3) is 3.34. The molecule has 4 nitrogen and oxygen atoms in total. The van der Waals surface area contributed by atoms with Crippen LogP contribution < -0.4 is 11.1 Å². The number of hydrogen-bond donors (Lipinski definition) is 2. The highest BCUT2D eigenvalue weighted by molar-refractivity contribution is 7.21. The van der Waals surface area contributed by atoms with Crippen molar-refractivity contribution in [3.63, 3.8) is 0 Å². The van der Waals surface area contributed by atoms with Gasteiger partial charge in [-0.15, -0.1) is 11.3 Å². The standard InChI is InChI=1S/C22H22N4S/c23-22(7-9-24-10-8-22)13-15-5-6-16-14-25-19(12-17(16)11-15)21-26-18-3-1-2-4-20(18)27-21/h1-6,11-12,14,24H,7-10,13,23H2. The zero-order valence-electron chi connectivity index (χ0n) is 15.1. The smallest absolute Gasteiger partial charge is 0.143 e. The van der Waals surface area contributed by atoms with Gasteiger partial charge in [0.25, 0.3) is 0 Å². The van der Waals surface area contributed by atoms with Gasteiger partial charge in [0.15, 0.2) is 0 Å². The summed E-state index contributed by atoms with van der Waals surface area (Å²) in [7, 11) is 0. The second-order valence-electron chi connectivity index (χ2n) is 7.53. The van der Waals surface area contributed by atoms with Crippen LogP contribution >= 0.6 is 11.3 Å². The molecule has 1 saturated heterocycles. The minimum atomic E-state index is -0.0954. The van der Waals surface area contributed by atoms with Gasteiger partial charge in [0.05, 0.1) is 15.9 Å². The third-order valence-corrected chi connectivity index (χ3v) is 6.51. The SMILES string of the molecule is NC1(Cc2ccc3cnc(-c4nc5ccccc5s4)cc3c2)CCNCC1. The molecule has 1 fully saturated rings. The lowest BCUT2D eigenvalue weighted by Crippen LogP contribution is -2.50. The maximum absolute atomic E-state index is 6.64. The van der Waals surface area contributed by atoms with Crippen molar-refractivity contribution in [2.75, 3.05) is 13.1 Å². The van der Waals surface area contributed by atoms with Gasteiger partial charge in [-0.05, 0) is 61.5 Å². The lowest BCUT2D eigenvalue weighted by Gasteiger charge is -2.34. The van der Waals surface area contributed by atoms with Crippen molar-refractivity contribution in [3.8, 4) is 10.7 Å². The Kier molecular flexibility index (Phi) is 4.16. The molecule has 2 aromatic heterocycles. The van der Waals surface area contributed by atoms with E-state index in [-0.39, 0.29) is 5.54 Å². The largest absolute Gasteiger partial charge is 0.325 e. The molecular weight excluding hydrogens is 352 g/mol. The van der Waals surface area contributed by atoms with Crippen molar-refractivity contribution >= 4 is 32.3 Å². The van der Waals surface area contributed by atoms with Crippen LogP contribution in [0, 0.1) is 0 Å². The summed E-state index contributed by atoms with van der Waals surface area (Å²) < 4.78 is 1.19. The van der Waals surface area contributed by atoms with Gasteiger partial charge in [-0.1, -0.05) is 30.3 Å². The summed E-state index contributed by atoms with van der Waals surface area (Å²) in [6.07, 6.45) is 4.92. The number of fused-ring (bicyclic) bond motifs is 2. The first kappa shape index (κ1) is 16.8. The second-order valence-corrected chi connectivity index (χ2v) is 8.56. The number of pyridine rings is 1. The van der Waals surface area contributed by atoms with E-state index in [0.717, 1.165) is 54.0 Å². The molecule has 3 N–H and O–H groups in total. The van der Waals surface area contributed by atoms with Crippen LogP contribution in [-0.4, -0.2) is 28.6 Å². The Bertz CT molecular complexity index is 1080. The number of nitrogens with zero attached hydrogens (tertiary/aromatic N) is 2. The van der Waals surface area contributed by atoms with Gasteiger partial charge >= 0.3 is 0 Å². The number of piperidine rings is 1. The van der Waals surface area contributed by atoms with Gasteiger partial charge in [0, 0.05) is 17.1 Å². The Balaban J connectivity index is 1.50. The molecule has 0 saturated carbocycles. The van der Waals surface area contributed by atoms with E-state index in [0.29, 0.717) is 0 Å². The molecule has 0 spiro atoms. The van der Waals surface area contributed by atoms with Gasteiger partial charge in [-0.2, -0.15) is 0 Å². The zero-order chi connectivity index (χ0) is 18.3. The fraction of sp³-hybridized carbons (Fsp3) is 0.273. The highest BCUT2D eigenvalue weighted by atomic mass is 32.1. The molecule has 0 aliphatic carbocycles. The third-order valence-electron chi connectivity index (χ3n) is 5.45. The minimum Gasteiger partial charge on any atom is -0.325 e. The normalized spacial score (nSPS) is 16.8. The predicted octanol–water partition coefficient (Wildman–Crippen LogP) is 4.13. The van der Waals surface area contributed by atoms with Crippen LogP contribution in [0.1, 0.15) is 18.4 Å². The van der Waals surface area contributed by atoms with Crippen molar-refractivity contribution < 1.29 is 0 Å². The Hall–Kier alpha value is -2.34. The average Bonchev–Trinajstić information content (AvgIpc) is 3.12. The van der Waals surface area contributed by atoms with Crippen LogP contribution in [0.15, 0.2) is 54.7 Å². The number of nitrogens with two attached hydrogens (primary N) is 1. The van der Waals surface area contributed by atoms with E-state index in [2.05, 4.69) is 40.6 Å². The Labute approximate surface area is 162 Å². The number of para-hydroxylation sites is 1. The monoisotopic (exact) mass is 374 g/mol. The van der Waals surface area contributed by atoms with Crippen LogP contribution in [0.4, 0.5) is 0 Å². The van der Waals surface area contributed by atoms with Crippen molar-refractivity contribution in [3.05, 3.63) is 60.3 Å². The molecule has 4 aromatic rings. The summed E-state index contributed by atoms with van der Waals surface area (Å²) in [5.41, 5.74) is 9.81. The summed E-state index contributed by atoms with van der Waals surface area (Å²) in [5, 5.41) is 6.72. The summed E-state index contributed by atoms with van der Waals surface area (Å²) >= 11 is 1.69. The number of aromatic nitrogens is 2. The molecule has 1 aliphatic rings. The van der Waals surface area contributed by atoms with E-state index in [1.165, 1.54) is 15.6 Å². The molecule has 136 valence electrons. The zero-order valence-corrected chi connectivity index (χ0v) is 15.9. The number of hydrogen-bond acceptors (Lipinski definition) is 5. The lowest BCUT2D eigenvalue weighted by molar-refractivity contribution is 0.308. The van der Waals surface area contributed by atoms with Gasteiger partial charge in [0.2, 0.25) is 0 Å². The summed E-state index contributed by atoms with van der Waals surface area (Å²) in [6.45, 7) is 2.02. The molecule has 0 bridgehead atoms. The van der Waals surface area contributed by atoms with Crippen LogP contribution in [0.3, 0.4) is 0 Å². The molecule has 2 aromatic carbocycles. The molecule has 1 aliphatic heterocycles. The van der Waals surface area contributed by atoms with E-state index in [9.17, 15) is 0 Å². The summed E-state index contributed by atoms with van der Waals surface area (Å²) in [4.78, 5) is 9.39. The first-order valence-corrected chi connectivity index (χ1v) is 10.2. The maximum atomic E-state index is 6.64. The molecule has 3 heterocycles. The number of rotatable bonds is 3. The highest BCUT2D eigenvalue weighted by Crippen LogP contribution is 2.31. The van der Waals surface area contributed by atoms with Crippen LogP contribution in [-0.2, 0) is 6.42 Å². The van der Waals surface area contributed by atoms with Gasteiger partial charge in [-0.25, -0.2) is 4.98 Å². The molecule has 27 heavy (non-hydrogen) atoms. The molecule has 0 radical (unpaired) electrons. The van der Waals surface area contributed by atoms with E-state index in [1.54, 1.807) is 11.3 Å². The number of nitrogens with one attached hydrogen (secondary N) is 1. The average molecular weight is 375 g/mol. The fourth-order valence-corrected chi connectivity index (χ4v) is 4.84. The minimum absolute atomic E-state index is 0.0954. The van der Waals surface area contributed by atoms with Crippen LogP contribution in [0.2, 0.25) is 0 Å². The molecule has 5 rings (SSSR count). The summed E-state index contributed by atoms with van der Waals surface area (Å²) in [6, 6.07) is 17.0. The fourth-order valence-electron chi connectivity index (χ4n) is 3.91. The highest BCUT2D eigenvalue weighted by Gasteiger charge is 2.27. The lowest BCUT2D eigenvalue weighted by atomic mass is 9.83. The number of thiazole rings is 1. The number of benzene rings is 2. The van der Waals surface area contributed by atoms with E-state index in [1.807, 2.05) is 24.4 Å². The maximum Gasteiger partial charge on any atom is 0.143 e. The topological polar surface area (TPSA) is 63.8 Å². The van der Waals surface area contributed by atoms with Crippen LogP contribution in [0.25, 0.3) is 31.7 Å². The molecule has 0 amide bonds. The second kappa shape index (κ2) is 6.68. The Morgan fingerprint density at radius 1 is 1.04 bits per heavy atom. The van der Waals surface area contributed by atoms with Crippen LogP contribution in [0.5, 0.6) is 0 Å². The Morgan fingerprint density at radius 2 is 1.89 bits per heavy atom. The van der Waals surface area contributed by atoms with Crippen molar-refractivity contribution in [1.29, 1.82) is 0 Å². The van der Waals surface area contributed by atoms with Gasteiger partial charge in [0.1, 0.15) is 5.01 Å².